The van der Waals surface area contributed by atoms with Crippen LogP contribution in [0.3, 0.4) is 0 Å². The van der Waals surface area contributed by atoms with Crippen molar-refractivity contribution in [1.82, 2.24) is 4.90 Å². The topological polar surface area (TPSA) is 97.0 Å². The quantitative estimate of drug-likeness (QED) is 0.767. The Hall–Kier alpha value is -2.15. The fourth-order valence-corrected chi connectivity index (χ4v) is 1.70. The molecule has 1 atom stereocenters. The molecule has 1 aliphatic heterocycles. The molecule has 7 nitrogen and oxygen atoms in total. The molecular weight excluding hydrogens is 242 g/mol. The van der Waals surface area contributed by atoms with Crippen molar-refractivity contribution in [2.24, 2.45) is 0 Å². The maximum absolute atomic E-state index is 12.1. The van der Waals surface area contributed by atoms with Crippen molar-refractivity contribution < 1.29 is 23.8 Å². The van der Waals surface area contributed by atoms with Crippen LogP contribution in [0.2, 0.25) is 0 Å². The lowest BCUT2D eigenvalue weighted by Gasteiger charge is -2.32. The van der Waals surface area contributed by atoms with Crippen LogP contribution in [0.1, 0.15) is 10.4 Å². The zero-order chi connectivity index (χ0) is 13.1. The Labute approximate surface area is 102 Å². The molecule has 1 aromatic heterocycles. The van der Waals surface area contributed by atoms with Crippen molar-refractivity contribution in [3.8, 4) is 0 Å². The average molecular weight is 253 g/mol. The highest BCUT2D eigenvalue weighted by Gasteiger charge is 2.33. The van der Waals surface area contributed by atoms with E-state index in [9.17, 15) is 14.4 Å². The molecule has 1 fully saturated rings. The number of aliphatic carboxylic acids is 1. The van der Waals surface area contributed by atoms with Gasteiger partial charge in [0.2, 0.25) is 0 Å². The predicted molar refractivity (Wildman–Crippen MR) is 58.3 cm³/mol. The lowest BCUT2D eigenvalue weighted by Crippen LogP contribution is -2.52. The van der Waals surface area contributed by atoms with E-state index in [0.717, 1.165) is 12.3 Å². The molecule has 2 rings (SSSR count). The van der Waals surface area contributed by atoms with Crippen molar-refractivity contribution in [3.05, 3.63) is 34.4 Å². The molecule has 0 radical (unpaired) electrons. The first-order chi connectivity index (χ1) is 8.59. The van der Waals surface area contributed by atoms with E-state index < -0.39 is 23.5 Å². The first-order valence-electron chi connectivity index (χ1n) is 5.30. The van der Waals surface area contributed by atoms with Gasteiger partial charge in [0.05, 0.1) is 18.8 Å². The van der Waals surface area contributed by atoms with E-state index >= 15 is 0 Å². The van der Waals surface area contributed by atoms with E-state index in [2.05, 4.69) is 4.42 Å². The number of hydrogen-bond donors (Lipinski definition) is 1. The van der Waals surface area contributed by atoms with Gasteiger partial charge in [-0.1, -0.05) is 0 Å². The summed E-state index contributed by atoms with van der Waals surface area (Å²) in [5.74, 6) is -1.62. The third-order valence-electron chi connectivity index (χ3n) is 2.62. The number of rotatable bonds is 2. The summed E-state index contributed by atoms with van der Waals surface area (Å²) in [7, 11) is 0. The zero-order valence-corrected chi connectivity index (χ0v) is 9.37. The second kappa shape index (κ2) is 5.01. The van der Waals surface area contributed by atoms with Crippen LogP contribution in [0.5, 0.6) is 0 Å². The molecule has 1 saturated heterocycles. The third kappa shape index (κ3) is 2.40. The van der Waals surface area contributed by atoms with Gasteiger partial charge in [0.15, 0.2) is 6.04 Å². The van der Waals surface area contributed by atoms with Crippen molar-refractivity contribution in [2.75, 3.05) is 19.8 Å². The van der Waals surface area contributed by atoms with Crippen LogP contribution < -0.4 is 5.63 Å². The Kier molecular flexibility index (Phi) is 3.42. The van der Waals surface area contributed by atoms with E-state index in [4.69, 9.17) is 9.84 Å². The zero-order valence-electron chi connectivity index (χ0n) is 9.37. The number of carboxylic acids is 1. The monoisotopic (exact) mass is 253 g/mol. The van der Waals surface area contributed by atoms with Gasteiger partial charge in [-0.15, -0.1) is 0 Å². The van der Waals surface area contributed by atoms with Gasteiger partial charge in [-0.25, -0.2) is 9.59 Å². The highest BCUT2D eigenvalue weighted by atomic mass is 16.5. The summed E-state index contributed by atoms with van der Waals surface area (Å²) >= 11 is 0. The molecule has 0 spiro atoms. The Balaban J connectivity index is 2.23. The van der Waals surface area contributed by atoms with Gasteiger partial charge in [0, 0.05) is 12.6 Å². The Morgan fingerprint density at radius 2 is 2.17 bits per heavy atom. The molecule has 0 bridgehead atoms. The SMILES string of the molecule is O=C(O)C1COCCN1C(=O)c1ccc(=O)oc1. The Morgan fingerprint density at radius 1 is 1.39 bits per heavy atom. The Morgan fingerprint density at radius 3 is 2.78 bits per heavy atom. The van der Waals surface area contributed by atoms with Crippen LogP contribution in [0.4, 0.5) is 0 Å². The molecule has 7 heteroatoms. The molecule has 0 aromatic carbocycles. The van der Waals surface area contributed by atoms with E-state index in [1.54, 1.807) is 0 Å². The second-order valence-corrected chi connectivity index (χ2v) is 3.77. The van der Waals surface area contributed by atoms with Crippen molar-refractivity contribution in [2.45, 2.75) is 6.04 Å². The number of carbonyl (C=O) groups is 2. The van der Waals surface area contributed by atoms with Crippen molar-refractivity contribution in [3.63, 3.8) is 0 Å². The lowest BCUT2D eigenvalue weighted by atomic mass is 10.2. The molecule has 1 aromatic rings. The molecule has 1 amide bonds. The van der Waals surface area contributed by atoms with Crippen LogP contribution in [-0.2, 0) is 9.53 Å². The maximum atomic E-state index is 12.1. The maximum Gasteiger partial charge on any atom is 0.335 e. The first-order valence-corrected chi connectivity index (χ1v) is 5.30. The molecule has 0 saturated carbocycles. The van der Waals surface area contributed by atoms with Gasteiger partial charge in [-0.3, -0.25) is 4.79 Å². The number of nitrogens with zero attached hydrogens (tertiary/aromatic N) is 1. The summed E-state index contributed by atoms with van der Waals surface area (Å²) < 4.78 is 9.61. The number of hydrogen-bond acceptors (Lipinski definition) is 5. The van der Waals surface area contributed by atoms with Crippen LogP contribution in [0.25, 0.3) is 0 Å². The number of carboxylic acid groups (broad SMARTS) is 1. The number of ether oxygens (including phenoxy) is 1. The van der Waals surface area contributed by atoms with Gasteiger partial charge in [0.1, 0.15) is 6.26 Å². The fourth-order valence-electron chi connectivity index (χ4n) is 1.70. The van der Waals surface area contributed by atoms with E-state index in [1.165, 1.54) is 11.0 Å². The van der Waals surface area contributed by atoms with Gasteiger partial charge in [-0.05, 0) is 6.07 Å². The summed E-state index contributed by atoms with van der Waals surface area (Å²) in [4.78, 5) is 35.1. The molecule has 1 aliphatic rings. The highest BCUT2D eigenvalue weighted by Crippen LogP contribution is 2.12. The van der Waals surface area contributed by atoms with Gasteiger partial charge >= 0.3 is 11.6 Å². The normalized spacial score (nSPS) is 19.6. The van der Waals surface area contributed by atoms with Crippen molar-refractivity contribution >= 4 is 11.9 Å². The van der Waals surface area contributed by atoms with Crippen LogP contribution >= 0.6 is 0 Å². The molecule has 96 valence electrons. The van der Waals surface area contributed by atoms with Crippen molar-refractivity contribution in [1.29, 1.82) is 0 Å². The van der Waals surface area contributed by atoms with E-state index in [1.807, 2.05) is 0 Å². The van der Waals surface area contributed by atoms with Crippen LogP contribution in [0.15, 0.2) is 27.6 Å². The summed E-state index contributed by atoms with van der Waals surface area (Å²) in [5, 5.41) is 9.00. The predicted octanol–water partition coefficient (Wildman–Crippen LogP) is -0.435. The van der Waals surface area contributed by atoms with Crippen LogP contribution in [0, 0.1) is 0 Å². The lowest BCUT2D eigenvalue weighted by molar-refractivity contribution is -0.147. The minimum atomic E-state index is -1.12. The molecular formula is C11H11NO6. The first kappa shape index (κ1) is 12.3. The fraction of sp³-hybridized carbons (Fsp3) is 0.364. The standard InChI is InChI=1S/C11H11NO6/c13-9-2-1-7(5-18-9)10(14)12-3-4-17-6-8(12)11(15)16/h1-2,5,8H,3-4,6H2,(H,15,16). The number of carbonyl (C=O) groups excluding carboxylic acids is 1. The number of morpholine rings is 1. The van der Waals surface area contributed by atoms with Crippen LogP contribution in [-0.4, -0.2) is 47.7 Å². The van der Waals surface area contributed by atoms with E-state index in [-0.39, 0.29) is 25.3 Å². The second-order valence-electron chi connectivity index (χ2n) is 3.77. The molecule has 2 heterocycles. The van der Waals surface area contributed by atoms with Gasteiger partial charge in [-0.2, -0.15) is 0 Å². The molecule has 18 heavy (non-hydrogen) atoms. The average Bonchev–Trinajstić information content (AvgIpc) is 2.39. The minimum Gasteiger partial charge on any atom is -0.480 e. The summed E-state index contributed by atoms with van der Waals surface area (Å²) in [6, 6.07) is 1.41. The smallest absolute Gasteiger partial charge is 0.335 e. The van der Waals surface area contributed by atoms with E-state index in [0.29, 0.717) is 0 Å². The molecule has 0 aliphatic carbocycles. The summed E-state index contributed by atoms with van der Waals surface area (Å²) in [6.07, 6.45) is 1.03. The van der Waals surface area contributed by atoms with Gasteiger partial charge in [0.25, 0.3) is 5.91 Å². The highest BCUT2D eigenvalue weighted by molar-refractivity contribution is 5.96. The number of amides is 1. The largest absolute Gasteiger partial charge is 0.480 e. The third-order valence-corrected chi connectivity index (χ3v) is 2.62. The molecule has 1 unspecified atom stereocenters. The summed E-state index contributed by atoms with van der Waals surface area (Å²) in [6.45, 7) is 0.430. The Bertz CT molecular complexity index is 502. The minimum absolute atomic E-state index is 0.0438. The molecule has 1 N–H and O–H groups in total. The summed E-state index contributed by atoms with van der Waals surface area (Å²) in [5.41, 5.74) is -0.425. The van der Waals surface area contributed by atoms with Gasteiger partial charge < -0.3 is 19.2 Å².